The Balaban J connectivity index is 1.34. The van der Waals surface area contributed by atoms with Gasteiger partial charge in [0.05, 0.1) is 5.41 Å². The van der Waals surface area contributed by atoms with Gasteiger partial charge in [-0.3, -0.25) is 4.79 Å². The third-order valence-corrected chi connectivity index (χ3v) is 6.20. The Labute approximate surface area is 169 Å². The van der Waals surface area contributed by atoms with Gasteiger partial charge in [-0.25, -0.2) is 4.98 Å². The number of anilines is 1. The second kappa shape index (κ2) is 6.78. The first kappa shape index (κ1) is 17.5. The molecule has 1 aromatic heterocycles. The third-order valence-electron chi connectivity index (χ3n) is 5.97. The second-order valence-electron chi connectivity index (χ2n) is 7.81. The Morgan fingerprint density at radius 1 is 1.11 bits per heavy atom. The number of carbonyl (C=O) groups is 1. The highest BCUT2D eigenvalue weighted by Crippen LogP contribution is 2.49. The first-order valence-electron chi connectivity index (χ1n) is 9.88. The zero-order valence-corrected chi connectivity index (χ0v) is 16.4. The largest absolute Gasteiger partial charge is 0.328 e. The number of nitrogens with one attached hydrogen (secondary N) is 1. The van der Waals surface area contributed by atoms with E-state index in [2.05, 4.69) is 14.9 Å². The summed E-state index contributed by atoms with van der Waals surface area (Å²) in [6.45, 7) is 1.03. The maximum Gasteiger partial charge on any atom is 0.235 e. The molecular formula is C23H22ClN3O. The van der Waals surface area contributed by atoms with Crippen molar-refractivity contribution in [3.05, 3.63) is 71.0 Å². The number of aromatic nitrogens is 2. The van der Waals surface area contributed by atoms with Gasteiger partial charge in [0.25, 0.3) is 0 Å². The summed E-state index contributed by atoms with van der Waals surface area (Å²) in [4.78, 5) is 17.6. The fourth-order valence-electron chi connectivity index (χ4n) is 4.18. The van der Waals surface area contributed by atoms with Crippen LogP contribution in [-0.4, -0.2) is 15.5 Å². The van der Waals surface area contributed by atoms with Crippen LogP contribution in [0.15, 0.2) is 54.7 Å². The molecule has 0 unspecified atom stereocenters. The molecule has 5 rings (SSSR count). The molecule has 2 aromatic carbocycles. The summed E-state index contributed by atoms with van der Waals surface area (Å²) < 4.78 is 2.31. The van der Waals surface area contributed by atoms with Crippen LogP contribution >= 0.6 is 11.6 Å². The first-order chi connectivity index (χ1) is 13.7. The van der Waals surface area contributed by atoms with Crippen molar-refractivity contribution in [3.63, 3.8) is 0 Å². The SMILES string of the molecule is O=C(Nc1ccc(-c2ncc3n2CCCC3)cc1)C1(c2cccc(Cl)c2)CC1. The molecule has 5 heteroatoms. The minimum atomic E-state index is -0.439. The van der Waals surface area contributed by atoms with Crippen LogP contribution in [0.1, 0.15) is 36.9 Å². The molecule has 3 aromatic rings. The summed E-state index contributed by atoms with van der Waals surface area (Å²) in [5, 5.41) is 3.76. The van der Waals surface area contributed by atoms with Crippen molar-refractivity contribution in [1.82, 2.24) is 9.55 Å². The maximum atomic E-state index is 12.9. The average molecular weight is 392 g/mol. The van der Waals surface area contributed by atoms with Gasteiger partial charge in [-0.15, -0.1) is 0 Å². The van der Waals surface area contributed by atoms with Gasteiger partial charge in [0.2, 0.25) is 5.91 Å². The van der Waals surface area contributed by atoms with Gasteiger partial charge in [-0.05, 0) is 74.1 Å². The number of imidazole rings is 1. The lowest BCUT2D eigenvalue weighted by atomic mass is 9.95. The molecule has 0 spiro atoms. The lowest BCUT2D eigenvalue weighted by Crippen LogP contribution is -2.27. The molecular weight excluding hydrogens is 370 g/mol. The van der Waals surface area contributed by atoms with Crippen LogP contribution in [0.2, 0.25) is 5.02 Å². The number of amides is 1. The molecule has 0 radical (unpaired) electrons. The molecule has 0 atom stereocenters. The van der Waals surface area contributed by atoms with Gasteiger partial charge < -0.3 is 9.88 Å². The summed E-state index contributed by atoms with van der Waals surface area (Å²) in [6.07, 6.45) is 7.26. The molecule has 28 heavy (non-hydrogen) atoms. The molecule has 2 aliphatic rings. The molecule has 1 fully saturated rings. The van der Waals surface area contributed by atoms with Gasteiger partial charge in [0.1, 0.15) is 5.82 Å². The molecule has 1 N–H and O–H groups in total. The number of hydrogen-bond acceptors (Lipinski definition) is 2. The topological polar surface area (TPSA) is 46.9 Å². The van der Waals surface area contributed by atoms with Gasteiger partial charge in [0.15, 0.2) is 0 Å². The van der Waals surface area contributed by atoms with E-state index in [4.69, 9.17) is 11.6 Å². The minimum absolute atomic E-state index is 0.0423. The van der Waals surface area contributed by atoms with Crippen molar-refractivity contribution in [1.29, 1.82) is 0 Å². The van der Waals surface area contributed by atoms with Crippen LogP contribution in [0.3, 0.4) is 0 Å². The molecule has 4 nitrogen and oxygen atoms in total. The van der Waals surface area contributed by atoms with Gasteiger partial charge in [-0.2, -0.15) is 0 Å². The third kappa shape index (κ3) is 3.02. The quantitative estimate of drug-likeness (QED) is 0.663. The summed E-state index contributed by atoms with van der Waals surface area (Å²) in [6, 6.07) is 15.6. The van der Waals surface area contributed by atoms with E-state index in [-0.39, 0.29) is 5.91 Å². The zero-order chi connectivity index (χ0) is 19.1. The maximum absolute atomic E-state index is 12.9. The van der Waals surface area contributed by atoms with Crippen molar-refractivity contribution in [2.75, 3.05) is 5.32 Å². The van der Waals surface area contributed by atoms with Gasteiger partial charge in [-0.1, -0.05) is 23.7 Å². The van der Waals surface area contributed by atoms with Crippen LogP contribution in [-0.2, 0) is 23.2 Å². The molecule has 1 aliphatic heterocycles. The summed E-state index contributed by atoms with van der Waals surface area (Å²) in [5.41, 5.74) is 3.77. The molecule has 0 saturated heterocycles. The Morgan fingerprint density at radius 3 is 2.68 bits per heavy atom. The van der Waals surface area contributed by atoms with Crippen LogP contribution < -0.4 is 5.32 Å². The lowest BCUT2D eigenvalue weighted by molar-refractivity contribution is -0.118. The number of aryl methyl sites for hydroxylation is 1. The molecule has 0 bridgehead atoms. The summed E-state index contributed by atoms with van der Waals surface area (Å²) >= 11 is 6.12. The van der Waals surface area contributed by atoms with Gasteiger partial charge >= 0.3 is 0 Å². The molecule has 142 valence electrons. The zero-order valence-electron chi connectivity index (χ0n) is 15.6. The van der Waals surface area contributed by atoms with E-state index in [0.717, 1.165) is 48.4 Å². The highest BCUT2D eigenvalue weighted by Gasteiger charge is 2.51. The van der Waals surface area contributed by atoms with Crippen LogP contribution in [0, 0.1) is 0 Å². The number of nitrogens with zero attached hydrogens (tertiary/aromatic N) is 2. The Bertz CT molecular complexity index is 1030. The highest BCUT2D eigenvalue weighted by molar-refractivity contribution is 6.30. The first-order valence-corrected chi connectivity index (χ1v) is 10.3. The lowest BCUT2D eigenvalue weighted by Gasteiger charge is -2.17. The van der Waals surface area contributed by atoms with Crippen LogP contribution in [0.5, 0.6) is 0 Å². The highest BCUT2D eigenvalue weighted by atomic mass is 35.5. The number of benzene rings is 2. The molecule has 1 amide bonds. The normalized spacial score (nSPS) is 17.0. The van der Waals surface area contributed by atoms with E-state index >= 15 is 0 Å². The number of rotatable bonds is 4. The van der Waals surface area contributed by atoms with Crippen molar-refractivity contribution in [3.8, 4) is 11.4 Å². The number of fused-ring (bicyclic) bond motifs is 1. The van der Waals surface area contributed by atoms with Crippen molar-refractivity contribution in [2.24, 2.45) is 0 Å². The Hall–Kier alpha value is -2.59. The fraction of sp³-hybridized carbons (Fsp3) is 0.304. The van der Waals surface area contributed by atoms with Crippen molar-refractivity contribution in [2.45, 2.75) is 44.1 Å². The van der Waals surface area contributed by atoms with Gasteiger partial charge in [0, 0.05) is 34.7 Å². The fourth-order valence-corrected chi connectivity index (χ4v) is 4.37. The van der Waals surface area contributed by atoms with E-state index in [1.807, 2.05) is 54.7 Å². The van der Waals surface area contributed by atoms with E-state index in [0.29, 0.717) is 5.02 Å². The molecule has 1 saturated carbocycles. The monoisotopic (exact) mass is 391 g/mol. The average Bonchev–Trinajstić information content (AvgIpc) is 3.43. The van der Waals surface area contributed by atoms with E-state index in [1.54, 1.807) is 0 Å². The van der Waals surface area contributed by atoms with E-state index in [1.165, 1.54) is 18.5 Å². The van der Waals surface area contributed by atoms with E-state index in [9.17, 15) is 4.79 Å². The number of carbonyl (C=O) groups excluding carboxylic acids is 1. The summed E-state index contributed by atoms with van der Waals surface area (Å²) in [7, 11) is 0. The predicted molar refractivity (Wildman–Crippen MR) is 112 cm³/mol. The van der Waals surface area contributed by atoms with E-state index < -0.39 is 5.41 Å². The smallest absolute Gasteiger partial charge is 0.235 e. The van der Waals surface area contributed by atoms with Crippen LogP contribution in [0.4, 0.5) is 5.69 Å². The molecule has 1 aliphatic carbocycles. The Morgan fingerprint density at radius 2 is 1.93 bits per heavy atom. The second-order valence-corrected chi connectivity index (χ2v) is 8.24. The molecule has 2 heterocycles. The summed E-state index contributed by atoms with van der Waals surface area (Å²) in [5.74, 6) is 1.06. The van der Waals surface area contributed by atoms with Crippen LogP contribution in [0.25, 0.3) is 11.4 Å². The number of hydrogen-bond donors (Lipinski definition) is 1. The standard InChI is InChI=1S/C23H22ClN3O/c24-18-5-3-4-17(14-18)23(11-12-23)22(28)26-19-9-7-16(8-10-19)21-25-15-20-6-1-2-13-27(20)21/h3-5,7-10,14-15H,1-2,6,11-13H2,(H,26,28). The van der Waals surface area contributed by atoms with Crippen molar-refractivity contribution >= 4 is 23.2 Å². The van der Waals surface area contributed by atoms with Crippen molar-refractivity contribution < 1.29 is 4.79 Å². The number of halogens is 1. The predicted octanol–water partition coefficient (Wildman–Crippen LogP) is 5.21. The minimum Gasteiger partial charge on any atom is -0.328 e. The Kier molecular flexibility index (Phi) is 4.24.